The zero-order valence-corrected chi connectivity index (χ0v) is 19.7. The predicted molar refractivity (Wildman–Crippen MR) is 130 cm³/mol. The number of amides is 2. The van der Waals surface area contributed by atoms with E-state index in [-0.39, 0.29) is 30.2 Å². The highest BCUT2D eigenvalue weighted by Crippen LogP contribution is 2.45. The Labute approximate surface area is 200 Å². The summed E-state index contributed by atoms with van der Waals surface area (Å²) in [6.45, 7) is 3.59. The lowest BCUT2D eigenvalue weighted by atomic mass is 9.68. The van der Waals surface area contributed by atoms with E-state index >= 15 is 0 Å². The summed E-state index contributed by atoms with van der Waals surface area (Å²) in [7, 11) is 0. The molecule has 5 aliphatic rings. The maximum atomic E-state index is 13.9. The number of hydrogen-bond donors (Lipinski definition) is 1. The van der Waals surface area contributed by atoms with Gasteiger partial charge in [0.05, 0.1) is 17.5 Å². The van der Waals surface area contributed by atoms with Crippen molar-refractivity contribution in [2.24, 2.45) is 17.8 Å². The molecule has 2 aromatic rings. The number of nitrogens with one attached hydrogen (secondary N) is 1. The normalized spacial score (nSPS) is 33.6. The third kappa shape index (κ3) is 3.16. The number of nitrogens with zero attached hydrogens (tertiary/aromatic N) is 4. The van der Waals surface area contributed by atoms with Crippen LogP contribution in [0.1, 0.15) is 44.9 Å². The van der Waals surface area contributed by atoms with Gasteiger partial charge >= 0.3 is 0 Å². The number of para-hydroxylation sites is 1. The molecule has 1 aromatic carbocycles. The van der Waals surface area contributed by atoms with Gasteiger partial charge < -0.3 is 4.90 Å². The molecular formula is C27H33N5O2. The molecule has 7 nitrogen and oxygen atoms in total. The summed E-state index contributed by atoms with van der Waals surface area (Å²) in [5.41, 5.74) is 2.42. The number of carbonyl (C=O) groups excluding carboxylic acids is 2. The molecule has 0 unspecified atom stereocenters. The fourth-order valence-corrected chi connectivity index (χ4v) is 7.69. The van der Waals surface area contributed by atoms with Crippen LogP contribution in [0.2, 0.25) is 0 Å². The molecule has 2 bridgehead atoms. The maximum Gasteiger partial charge on any atom is 0.229 e. The van der Waals surface area contributed by atoms with Gasteiger partial charge in [-0.25, -0.2) is 0 Å². The summed E-state index contributed by atoms with van der Waals surface area (Å²) in [6, 6.07) is 8.80. The Morgan fingerprint density at radius 1 is 1.09 bits per heavy atom. The number of piperidine rings is 3. The van der Waals surface area contributed by atoms with Crippen LogP contribution in [0.3, 0.4) is 0 Å². The lowest BCUT2D eigenvalue weighted by Crippen LogP contribution is -2.60. The second kappa shape index (κ2) is 7.94. The van der Waals surface area contributed by atoms with Gasteiger partial charge in [0.15, 0.2) is 5.82 Å². The molecule has 1 N–H and O–H groups in total. The van der Waals surface area contributed by atoms with E-state index in [1.54, 1.807) is 4.90 Å². The fourth-order valence-electron chi connectivity index (χ4n) is 7.69. The molecule has 4 fully saturated rings. The van der Waals surface area contributed by atoms with Gasteiger partial charge in [-0.15, -0.1) is 0 Å². The van der Waals surface area contributed by atoms with Crippen molar-refractivity contribution in [2.75, 3.05) is 31.1 Å². The van der Waals surface area contributed by atoms with Gasteiger partial charge in [-0.1, -0.05) is 30.2 Å². The van der Waals surface area contributed by atoms with E-state index in [1.807, 2.05) is 24.3 Å². The third-order valence-electron chi connectivity index (χ3n) is 9.12. The molecule has 2 amide bonds. The first-order chi connectivity index (χ1) is 16.7. The monoisotopic (exact) mass is 459 g/mol. The largest absolute Gasteiger partial charge is 0.335 e. The van der Waals surface area contributed by atoms with Crippen LogP contribution in [0, 0.1) is 17.8 Å². The molecular weight excluding hydrogens is 426 g/mol. The van der Waals surface area contributed by atoms with E-state index in [4.69, 9.17) is 0 Å². The molecule has 4 aliphatic heterocycles. The van der Waals surface area contributed by atoms with Crippen LogP contribution in [-0.4, -0.2) is 70.1 Å². The number of aromatic nitrogens is 2. The average Bonchev–Trinajstić information content (AvgIpc) is 3.46. The number of fused-ring (bicyclic) bond motifs is 7. The number of rotatable bonds is 2. The first-order valence-electron chi connectivity index (χ1n) is 13.2. The summed E-state index contributed by atoms with van der Waals surface area (Å²) < 4.78 is 0. The van der Waals surface area contributed by atoms with Crippen molar-refractivity contribution in [1.82, 2.24) is 20.0 Å². The molecule has 0 saturated carbocycles. The van der Waals surface area contributed by atoms with Crippen LogP contribution in [-0.2, 0) is 9.59 Å². The Kier molecular flexibility index (Phi) is 4.83. The number of H-pyrrole nitrogens is 1. The van der Waals surface area contributed by atoms with Crippen molar-refractivity contribution in [2.45, 2.75) is 57.0 Å². The topological polar surface area (TPSA) is 72.5 Å². The first kappa shape index (κ1) is 20.7. The van der Waals surface area contributed by atoms with Gasteiger partial charge in [0, 0.05) is 37.5 Å². The molecule has 4 saturated heterocycles. The Balaban J connectivity index is 1.14. The predicted octanol–water partition coefficient (Wildman–Crippen LogP) is 3.34. The van der Waals surface area contributed by atoms with E-state index in [2.05, 4.69) is 26.1 Å². The third-order valence-corrected chi connectivity index (χ3v) is 9.12. The number of aromatic amines is 1. The van der Waals surface area contributed by atoms with Crippen molar-refractivity contribution in [3.05, 3.63) is 35.9 Å². The minimum Gasteiger partial charge on any atom is -0.335 e. The number of carbonyl (C=O) groups is 2. The molecule has 1 aromatic heterocycles. The van der Waals surface area contributed by atoms with E-state index in [0.717, 1.165) is 36.8 Å². The summed E-state index contributed by atoms with van der Waals surface area (Å²) in [6.07, 6.45) is 10.2. The summed E-state index contributed by atoms with van der Waals surface area (Å²) in [5, 5.41) is 8.38. The van der Waals surface area contributed by atoms with Gasteiger partial charge in [-0.3, -0.25) is 24.5 Å². The van der Waals surface area contributed by atoms with Crippen LogP contribution < -0.4 is 4.90 Å². The van der Waals surface area contributed by atoms with Crippen molar-refractivity contribution in [3.8, 4) is 0 Å². The highest BCUT2D eigenvalue weighted by atomic mass is 16.2. The standard InChI is InChI=1S/C27H33N5O2/c33-24-14-20(16-32(24)26-21-7-1-2-8-22(21)28-29-26)27(34)31-11-5-6-17-12-18-13-19(25(17)31)15-30-10-4-3-9-23(18)30/h1-2,7-8,12,18-20,23,25H,3-6,9-11,13-16H2,(H,28,29)/t18-,19-,20+,23+,25+/m0/s1. The molecule has 0 radical (unpaired) electrons. The quantitative estimate of drug-likeness (QED) is 0.700. The Morgan fingerprint density at radius 3 is 2.94 bits per heavy atom. The maximum absolute atomic E-state index is 13.9. The van der Waals surface area contributed by atoms with Gasteiger partial charge in [-0.05, 0) is 62.6 Å². The highest BCUT2D eigenvalue weighted by molar-refractivity contribution is 6.05. The molecule has 5 atom stereocenters. The van der Waals surface area contributed by atoms with Crippen molar-refractivity contribution < 1.29 is 9.59 Å². The van der Waals surface area contributed by atoms with Crippen molar-refractivity contribution in [3.63, 3.8) is 0 Å². The number of benzene rings is 1. The van der Waals surface area contributed by atoms with Gasteiger partial charge in [0.25, 0.3) is 0 Å². The second-order valence-electron chi connectivity index (χ2n) is 11.0. The van der Waals surface area contributed by atoms with Crippen LogP contribution in [0.5, 0.6) is 0 Å². The SMILES string of the molecule is O=C1C[C@@H](C(=O)N2CCCC3=C[C@H]4C[C@@H](CN5CCCC[C@H]45)[C@@H]32)CN1c1n[nH]c2ccccc12. The highest BCUT2D eigenvalue weighted by Gasteiger charge is 2.48. The van der Waals surface area contributed by atoms with Crippen LogP contribution in [0.25, 0.3) is 10.9 Å². The van der Waals surface area contributed by atoms with E-state index in [1.165, 1.54) is 37.8 Å². The molecule has 7 rings (SSSR count). The number of hydrogen-bond acceptors (Lipinski definition) is 4. The molecule has 7 heteroatoms. The average molecular weight is 460 g/mol. The van der Waals surface area contributed by atoms with Crippen LogP contribution >= 0.6 is 0 Å². The minimum absolute atomic E-state index is 0.000844. The van der Waals surface area contributed by atoms with Crippen LogP contribution in [0.4, 0.5) is 5.82 Å². The van der Waals surface area contributed by atoms with E-state index in [0.29, 0.717) is 30.2 Å². The van der Waals surface area contributed by atoms with Gasteiger partial charge in [0.2, 0.25) is 11.8 Å². The van der Waals surface area contributed by atoms with Crippen molar-refractivity contribution >= 4 is 28.5 Å². The molecule has 178 valence electrons. The molecule has 5 heterocycles. The van der Waals surface area contributed by atoms with Crippen molar-refractivity contribution in [1.29, 1.82) is 0 Å². The van der Waals surface area contributed by atoms with E-state index in [9.17, 15) is 9.59 Å². The molecule has 1 aliphatic carbocycles. The minimum atomic E-state index is -0.286. The van der Waals surface area contributed by atoms with Gasteiger partial charge in [0.1, 0.15) is 0 Å². The lowest BCUT2D eigenvalue weighted by Gasteiger charge is -2.55. The van der Waals surface area contributed by atoms with Crippen LogP contribution in [0.15, 0.2) is 35.9 Å². The lowest BCUT2D eigenvalue weighted by molar-refractivity contribution is -0.140. The summed E-state index contributed by atoms with van der Waals surface area (Å²) in [4.78, 5) is 33.5. The summed E-state index contributed by atoms with van der Waals surface area (Å²) in [5.74, 6) is 1.74. The summed E-state index contributed by atoms with van der Waals surface area (Å²) >= 11 is 0. The van der Waals surface area contributed by atoms with Gasteiger partial charge in [-0.2, -0.15) is 5.10 Å². The molecule has 0 spiro atoms. The zero-order valence-electron chi connectivity index (χ0n) is 19.7. The first-order valence-corrected chi connectivity index (χ1v) is 13.2. The number of likely N-dealkylation sites (tertiary alicyclic amines) is 1. The smallest absolute Gasteiger partial charge is 0.229 e. The zero-order chi connectivity index (χ0) is 22.8. The Hall–Kier alpha value is -2.67. The second-order valence-corrected chi connectivity index (χ2v) is 11.0. The Morgan fingerprint density at radius 2 is 2.00 bits per heavy atom. The van der Waals surface area contributed by atoms with E-state index < -0.39 is 0 Å². The fraction of sp³-hybridized carbons (Fsp3) is 0.593. The molecule has 34 heavy (non-hydrogen) atoms. The Bertz CT molecular complexity index is 1170. The number of anilines is 1.